The quantitative estimate of drug-likeness (QED) is 0.637. The fourth-order valence-electron chi connectivity index (χ4n) is 0.716. The Morgan fingerprint density at radius 3 is 2.91 bits per heavy atom. The monoisotopic (exact) mass is 154 g/mol. The summed E-state index contributed by atoms with van der Waals surface area (Å²) < 4.78 is 0. The number of aromatic amines is 1. The van der Waals surface area contributed by atoms with Gasteiger partial charge in [-0.3, -0.25) is 5.10 Å². The van der Waals surface area contributed by atoms with Gasteiger partial charge in [-0.25, -0.2) is 0 Å². The summed E-state index contributed by atoms with van der Waals surface area (Å²) in [5.74, 6) is 1.03. The molecule has 1 rings (SSSR count). The first-order valence-corrected chi connectivity index (χ1v) is 3.34. The second kappa shape index (κ2) is 3.14. The van der Waals surface area contributed by atoms with Crippen LogP contribution in [0.15, 0.2) is 0 Å². The van der Waals surface area contributed by atoms with Gasteiger partial charge in [0.05, 0.1) is 0 Å². The summed E-state index contributed by atoms with van der Waals surface area (Å²) in [6.45, 7) is 1.54. The van der Waals surface area contributed by atoms with E-state index in [0.29, 0.717) is 18.7 Å². The van der Waals surface area contributed by atoms with Crippen molar-refractivity contribution in [3.8, 4) is 0 Å². The van der Waals surface area contributed by atoms with Gasteiger partial charge in [0, 0.05) is 12.8 Å². The second-order valence-electron chi connectivity index (χ2n) is 2.34. The Kier molecular flexibility index (Phi) is 2.20. The topological polar surface area (TPSA) is 84.7 Å². The number of ketones is 1. The van der Waals surface area contributed by atoms with Crippen molar-refractivity contribution in [2.45, 2.75) is 19.8 Å². The number of aryl methyl sites for hydroxylation is 1. The maximum atomic E-state index is 10.5. The summed E-state index contributed by atoms with van der Waals surface area (Å²) in [4.78, 5) is 14.4. The average Bonchev–Trinajstić information content (AvgIpc) is 2.31. The van der Waals surface area contributed by atoms with Gasteiger partial charge >= 0.3 is 0 Å². The highest BCUT2D eigenvalue weighted by Gasteiger charge is 2.00. The molecule has 0 unspecified atom stereocenters. The van der Waals surface area contributed by atoms with E-state index in [-0.39, 0.29) is 11.7 Å². The maximum Gasteiger partial charge on any atom is 0.239 e. The zero-order valence-corrected chi connectivity index (χ0v) is 6.29. The number of rotatable bonds is 3. The molecule has 0 saturated carbocycles. The predicted molar refractivity (Wildman–Crippen MR) is 39.8 cm³/mol. The van der Waals surface area contributed by atoms with Crippen molar-refractivity contribution in [1.82, 2.24) is 15.2 Å². The largest absolute Gasteiger partial charge is 0.367 e. The van der Waals surface area contributed by atoms with Gasteiger partial charge in [0.15, 0.2) is 0 Å². The normalized spacial score (nSPS) is 9.91. The Bertz CT molecular complexity index is 255. The van der Waals surface area contributed by atoms with Gasteiger partial charge in [0.25, 0.3) is 0 Å². The molecule has 0 aliphatic carbocycles. The van der Waals surface area contributed by atoms with Crippen LogP contribution in [0, 0.1) is 0 Å². The number of aromatic nitrogens is 3. The SMILES string of the molecule is CC(=O)CCc1nc(N)n[nH]1. The van der Waals surface area contributed by atoms with E-state index in [9.17, 15) is 4.79 Å². The molecule has 0 saturated heterocycles. The van der Waals surface area contributed by atoms with E-state index in [1.165, 1.54) is 0 Å². The van der Waals surface area contributed by atoms with Crippen LogP contribution in [0.1, 0.15) is 19.2 Å². The van der Waals surface area contributed by atoms with Gasteiger partial charge in [-0.05, 0) is 6.92 Å². The number of carbonyl (C=O) groups excluding carboxylic acids is 1. The third-order valence-electron chi connectivity index (χ3n) is 1.26. The standard InChI is InChI=1S/C6H10N4O/c1-4(11)2-3-5-8-6(7)10-9-5/h2-3H2,1H3,(H3,7,8,9,10). The van der Waals surface area contributed by atoms with Crippen molar-refractivity contribution in [1.29, 1.82) is 0 Å². The maximum absolute atomic E-state index is 10.5. The van der Waals surface area contributed by atoms with Gasteiger partial charge in [0.1, 0.15) is 11.6 Å². The fourth-order valence-corrected chi connectivity index (χ4v) is 0.716. The van der Waals surface area contributed by atoms with Crippen LogP contribution in [-0.4, -0.2) is 21.0 Å². The van der Waals surface area contributed by atoms with Crippen LogP contribution in [0.3, 0.4) is 0 Å². The Balaban J connectivity index is 2.45. The van der Waals surface area contributed by atoms with Crippen LogP contribution in [0.5, 0.6) is 0 Å². The minimum absolute atomic E-state index is 0.139. The van der Waals surface area contributed by atoms with Crippen molar-refractivity contribution >= 4 is 11.7 Å². The lowest BCUT2D eigenvalue weighted by atomic mass is 10.2. The average molecular weight is 154 g/mol. The highest BCUT2D eigenvalue weighted by Crippen LogP contribution is 1.97. The van der Waals surface area contributed by atoms with Crippen molar-refractivity contribution in [3.63, 3.8) is 0 Å². The van der Waals surface area contributed by atoms with E-state index in [0.717, 1.165) is 0 Å². The van der Waals surface area contributed by atoms with Crippen LogP contribution in [0.25, 0.3) is 0 Å². The van der Waals surface area contributed by atoms with Gasteiger partial charge < -0.3 is 10.5 Å². The second-order valence-corrected chi connectivity index (χ2v) is 2.34. The van der Waals surface area contributed by atoms with Gasteiger partial charge in [-0.2, -0.15) is 4.98 Å². The minimum Gasteiger partial charge on any atom is -0.367 e. The van der Waals surface area contributed by atoms with Crippen LogP contribution in [-0.2, 0) is 11.2 Å². The first-order valence-electron chi connectivity index (χ1n) is 3.34. The van der Waals surface area contributed by atoms with E-state index >= 15 is 0 Å². The van der Waals surface area contributed by atoms with Crippen LogP contribution in [0.2, 0.25) is 0 Å². The Labute approximate surface area is 64.0 Å². The minimum atomic E-state index is 0.139. The molecular weight excluding hydrogens is 144 g/mol. The Morgan fingerprint density at radius 2 is 2.45 bits per heavy atom. The van der Waals surface area contributed by atoms with E-state index in [2.05, 4.69) is 15.2 Å². The van der Waals surface area contributed by atoms with Gasteiger partial charge in [0.2, 0.25) is 5.95 Å². The van der Waals surface area contributed by atoms with Crippen LogP contribution < -0.4 is 5.73 Å². The molecule has 0 aliphatic heterocycles. The molecule has 3 N–H and O–H groups in total. The number of carbonyl (C=O) groups is 1. The zero-order valence-electron chi connectivity index (χ0n) is 6.29. The third kappa shape index (κ3) is 2.37. The number of nitrogens with one attached hydrogen (secondary N) is 1. The summed E-state index contributed by atoms with van der Waals surface area (Å²) >= 11 is 0. The van der Waals surface area contributed by atoms with Crippen molar-refractivity contribution in [2.24, 2.45) is 0 Å². The summed E-state index contributed by atoms with van der Waals surface area (Å²) in [6.07, 6.45) is 1.06. The van der Waals surface area contributed by atoms with Gasteiger partial charge in [-0.15, -0.1) is 5.10 Å². The van der Waals surface area contributed by atoms with Crippen LogP contribution >= 0.6 is 0 Å². The molecule has 1 heterocycles. The molecule has 0 fully saturated rings. The van der Waals surface area contributed by atoms with E-state index in [1.807, 2.05) is 0 Å². The molecule has 0 radical (unpaired) electrons. The molecule has 60 valence electrons. The summed E-state index contributed by atoms with van der Waals surface area (Å²) in [7, 11) is 0. The third-order valence-corrected chi connectivity index (χ3v) is 1.26. The molecule has 0 bridgehead atoms. The lowest BCUT2D eigenvalue weighted by Gasteiger charge is -1.89. The summed E-state index contributed by atoms with van der Waals surface area (Å²) in [5, 5.41) is 6.25. The predicted octanol–water partition coefficient (Wildman–Crippen LogP) is -0.0915. The molecule has 0 aliphatic rings. The lowest BCUT2D eigenvalue weighted by Crippen LogP contribution is -1.95. The van der Waals surface area contributed by atoms with E-state index < -0.39 is 0 Å². The molecule has 1 aromatic rings. The summed E-state index contributed by atoms with van der Waals surface area (Å²) in [6, 6.07) is 0. The Morgan fingerprint density at radius 1 is 1.73 bits per heavy atom. The lowest BCUT2D eigenvalue weighted by molar-refractivity contribution is -0.117. The van der Waals surface area contributed by atoms with E-state index in [1.54, 1.807) is 6.92 Å². The van der Waals surface area contributed by atoms with Crippen molar-refractivity contribution in [3.05, 3.63) is 5.82 Å². The fraction of sp³-hybridized carbons (Fsp3) is 0.500. The molecule has 0 spiro atoms. The van der Waals surface area contributed by atoms with Gasteiger partial charge in [-0.1, -0.05) is 0 Å². The highest BCUT2D eigenvalue weighted by molar-refractivity contribution is 5.75. The van der Waals surface area contributed by atoms with Crippen molar-refractivity contribution < 1.29 is 4.79 Å². The number of Topliss-reactive ketones (excluding diaryl/α,β-unsaturated/α-hetero) is 1. The molecule has 5 heteroatoms. The van der Waals surface area contributed by atoms with E-state index in [4.69, 9.17) is 5.73 Å². The summed E-state index contributed by atoms with van der Waals surface area (Å²) in [5.41, 5.74) is 5.25. The smallest absolute Gasteiger partial charge is 0.239 e. The number of nitrogen functional groups attached to an aromatic ring is 1. The molecule has 0 aromatic carbocycles. The first kappa shape index (κ1) is 7.71. The zero-order chi connectivity index (χ0) is 8.27. The number of nitrogens with zero attached hydrogens (tertiary/aromatic N) is 2. The highest BCUT2D eigenvalue weighted by atomic mass is 16.1. The number of H-pyrrole nitrogens is 1. The number of hydrogen-bond donors (Lipinski definition) is 2. The number of nitrogens with two attached hydrogens (primary N) is 1. The van der Waals surface area contributed by atoms with Crippen LogP contribution in [0.4, 0.5) is 5.95 Å². The first-order chi connectivity index (χ1) is 5.18. The van der Waals surface area contributed by atoms with Crippen molar-refractivity contribution in [2.75, 3.05) is 5.73 Å². The molecule has 5 nitrogen and oxygen atoms in total. The number of hydrogen-bond acceptors (Lipinski definition) is 4. The molecular formula is C6H10N4O. The molecule has 11 heavy (non-hydrogen) atoms. The molecule has 0 atom stereocenters. The Hall–Kier alpha value is -1.39. The molecule has 1 aromatic heterocycles. The number of anilines is 1. The molecule has 0 amide bonds.